The third-order valence-electron chi connectivity index (χ3n) is 2.72. The Kier molecular flexibility index (Phi) is 5.04. The van der Waals surface area contributed by atoms with Gasteiger partial charge in [0.25, 0.3) is 0 Å². The van der Waals surface area contributed by atoms with Crippen LogP contribution >= 0.6 is 0 Å². The molecule has 1 aliphatic carbocycles. The lowest BCUT2D eigenvalue weighted by molar-refractivity contribution is -0.125. The molecule has 0 radical (unpaired) electrons. The van der Waals surface area contributed by atoms with Crippen molar-refractivity contribution in [1.82, 2.24) is 5.32 Å². The maximum atomic E-state index is 10.5. The lowest BCUT2D eigenvalue weighted by Crippen LogP contribution is -2.42. The van der Waals surface area contributed by atoms with Crippen LogP contribution in [0.4, 0.5) is 0 Å². The first-order chi connectivity index (χ1) is 7.59. The van der Waals surface area contributed by atoms with E-state index in [4.69, 9.17) is 16.6 Å². The smallest absolute Gasteiger partial charge is 0.248 e. The summed E-state index contributed by atoms with van der Waals surface area (Å²) in [6.45, 7) is -0.0825. The molecule has 0 spiro atoms. The quantitative estimate of drug-likeness (QED) is 0.367. The van der Waals surface area contributed by atoms with Gasteiger partial charge < -0.3 is 21.9 Å². The molecule has 92 valence electrons. The molecule has 0 bridgehead atoms. The summed E-state index contributed by atoms with van der Waals surface area (Å²) in [5.41, 5.74) is 10.5. The van der Waals surface area contributed by atoms with Gasteiger partial charge in [0.1, 0.15) is 0 Å². The van der Waals surface area contributed by atoms with Gasteiger partial charge in [0.05, 0.1) is 6.54 Å². The van der Waals surface area contributed by atoms with Crippen molar-refractivity contribution in [2.45, 2.75) is 44.2 Å². The number of hydrogen-bond acceptors (Lipinski definition) is 3. The molecule has 1 saturated carbocycles. The summed E-state index contributed by atoms with van der Waals surface area (Å²) in [6, 6.07) is 0.364. The van der Waals surface area contributed by atoms with Gasteiger partial charge in [0, 0.05) is 6.04 Å². The zero-order valence-electron chi connectivity index (χ0n) is 9.35. The normalized spacial score (nSPS) is 20.4. The van der Waals surface area contributed by atoms with Crippen LogP contribution in [0.5, 0.6) is 0 Å². The second-order valence-electron chi connectivity index (χ2n) is 4.12. The standard InChI is InChI=1S/C10H20N4O2/c11-9(16)8(15)6-13-10(12)14-7-4-2-1-3-5-7/h7-8,15H,1-6H2,(H2,11,16)(H3,12,13,14). The van der Waals surface area contributed by atoms with Crippen molar-refractivity contribution in [3.8, 4) is 0 Å². The maximum Gasteiger partial charge on any atom is 0.248 e. The Morgan fingerprint density at radius 1 is 1.38 bits per heavy atom. The number of nitrogens with two attached hydrogens (primary N) is 2. The van der Waals surface area contributed by atoms with Gasteiger partial charge in [-0.15, -0.1) is 0 Å². The first-order valence-corrected chi connectivity index (χ1v) is 5.63. The van der Waals surface area contributed by atoms with Crippen molar-refractivity contribution in [3.05, 3.63) is 0 Å². The van der Waals surface area contributed by atoms with Gasteiger partial charge in [0.2, 0.25) is 5.91 Å². The summed E-state index contributed by atoms with van der Waals surface area (Å²) in [7, 11) is 0. The fraction of sp³-hybridized carbons (Fsp3) is 0.800. The molecule has 0 aromatic heterocycles. The van der Waals surface area contributed by atoms with E-state index >= 15 is 0 Å². The minimum atomic E-state index is -1.26. The van der Waals surface area contributed by atoms with Gasteiger partial charge in [-0.25, -0.2) is 0 Å². The Balaban J connectivity index is 2.29. The number of amides is 1. The maximum absolute atomic E-state index is 10.5. The molecule has 1 amide bonds. The molecular formula is C10H20N4O2. The second kappa shape index (κ2) is 6.32. The number of aliphatic imine (C=N–C) groups is 1. The number of guanidine groups is 1. The number of aliphatic hydroxyl groups excluding tert-OH is 1. The van der Waals surface area contributed by atoms with Crippen LogP contribution in [0.1, 0.15) is 32.1 Å². The highest BCUT2D eigenvalue weighted by atomic mass is 16.3. The summed E-state index contributed by atoms with van der Waals surface area (Å²) in [4.78, 5) is 14.4. The topological polar surface area (TPSA) is 114 Å². The number of nitrogens with one attached hydrogen (secondary N) is 1. The first kappa shape index (κ1) is 12.8. The summed E-state index contributed by atoms with van der Waals surface area (Å²) in [5.74, 6) is -0.513. The molecule has 16 heavy (non-hydrogen) atoms. The number of nitrogens with zero attached hydrogens (tertiary/aromatic N) is 1. The summed E-state index contributed by atoms with van der Waals surface area (Å²) in [6.07, 6.45) is 4.61. The van der Waals surface area contributed by atoms with E-state index in [1.54, 1.807) is 0 Å². The molecule has 0 aromatic rings. The predicted octanol–water partition coefficient (Wildman–Crippen LogP) is -0.930. The van der Waals surface area contributed by atoms with Crippen molar-refractivity contribution < 1.29 is 9.90 Å². The summed E-state index contributed by atoms with van der Waals surface area (Å²) in [5, 5.41) is 12.2. The number of rotatable bonds is 4. The van der Waals surface area contributed by atoms with E-state index < -0.39 is 12.0 Å². The van der Waals surface area contributed by atoms with Gasteiger partial charge in [-0.1, -0.05) is 19.3 Å². The van der Waals surface area contributed by atoms with Crippen LogP contribution in [-0.2, 0) is 4.79 Å². The number of primary amides is 1. The Morgan fingerprint density at radius 2 is 2.00 bits per heavy atom. The van der Waals surface area contributed by atoms with Crippen LogP contribution in [0.3, 0.4) is 0 Å². The van der Waals surface area contributed by atoms with Crippen LogP contribution < -0.4 is 16.8 Å². The number of carbonyl (C=O) groups is 1. The predicted molar refractivity (Wildman–Crippen MR) is 61.7 cm³/mol. The van der Waals surface area contributed by atoms with E-state index in [0.29, 0.717) is 6.04 Å². The Labute approximate surface area is 95.1 Å². The van der Waals surface area contributed by atoms with Gasteiger partial charge in [-0.3, -0.25) is 9.79 Å². The largest absolute Gasteiger partial charge is 0.381 e. The van der Waals surface area contributed by atoms with Crippen LogP contribution in [0, 0.1) is 0 Å². The monoisotopic (exact) mass is 228 g/mol. The van der Waals surface area contributed by atoms with Crippen LogP contribution in [0.2, 0.25) is 0 Å². The van der Waals surface area contributed by atoms with Crippen molar-refractivity contribution in [3.63, 3.8) is 0 Å². The zero-order valence-corrected chi connectivity index (χ0v) is 9.35. The molecule has 0 aromatic carbocycles. The van der Waals surface area contributed by atoms with E-state index in [1.807, 2.05) is 0 Å². The van der Waals surface area contributed by atoms with Crippen LogP contribution in [0.15, 0.2) is 4.99 Å². The SMILES string of the molecule is NC(=O)C(O)CN=C(N)NC1CCCCC1. The third kappa shape index (κ3) is 4.48. The molecule has 1 rings (SSSR count). The van der Waals surface area contributed by atoms with Crippen molar-refractivity contribution in [2.24, 2.45) is 16.5 Å². The van der Waals surface area contributed by atoms with E-state index in [1.165, 1.54) is 19.3 Å². The highest BCUT2D eigenvalue weighted by Gasteiger charge is 2.14. The highest BCUT2D eigenvalue weighted by Crippen LogP contribution is 2.16. The molecular weight excluding hydrogens is 208 g/mol. The van der Waals surface area contributed by atoms with E-state index in [2.05, 4.69) is 10.3 Å². The molecule has 1 fully saturated rings. The van der Waals surface area contributed by atoms with Crippen molar-refractivity contribution in [1.29, 1.82) is 0 Å². The Hall–Kier alpha value is -1.30. The van der Waals surface area contributed by atoms with Crippen LogP contribution in [0.25, 0.3) is 0 Å². The minimum Gasteiger partial charge on any atom is -0.381 e. The third-order valence-corrected chi connectivity index (χ3v) is 2.72. The molecule has 1 atom stereocenters. The Morgan fingerprint density at radius 3 is 2.56 bits per heavy atom. The second-order valence-corrected chi connectivity index (χ2v) is 4.12. The molecule has 6 nitrogen and oxygen atoms in total. The van der Waals surface area contributed by atoms with E-state index in [9.17, 15) is 4.79 Å². The fourth-order valence-corrected chi connectivity index (χ4v) is 1.78. The molecule has 1 unspecified atom stereocenters. The van der Waals surface area contributed by atoms with Gasteiger partial charge in [0.15, 0.2) is 12.1 Å². The van der Waals surface area contributed by atoms with Crippen LogP contribution in [-0.4, -0.2) is 35.7 Å². The fourth-order valence-electron chi connectivity index (χ4n) is 1.78. The van der Waals surface area contributed by atoms with Gasteiger partial charge in [-0.05, 0) is 12.8 Å². The number of aliphatic hydroxyl groups is 1. The average Bonchev–Trinajstić information content (AvgIpc) is 2.27. The van der Waals surface area contributed by atoms with E-state index in [-0.39, 0.29) is 12.5 Å². The van der Waals surface area contributed by atoms with Crippen molar-refractivity contribution >= 4 is 11.9 Å². The lowest BCUT2D eigenvalue weighted by atomic mass is 9.96. The molecule has 6 N–H and O–H groups in total. The molecule has 6 heteroatoms. The van der Waals surface area contributed by atoms with Crippen molar-refractivity contribution in [2.75, 3.05) is 6.54 Å². The molecule has 0 saturated heterocycles. The summed E-state index contributed by atoms with van der Waals surface area (Å²) < 4.78 is 0. The van der Waals surface area contributed by atoms with E-state index in [0.717, 1.165) is 12.8 Å². The summed E-state index contributed by atoms with van der Waals surface area (Å²) >= 11 is 0. The van der Waals surface area contributed by atoms with Gasteiger partial charge >= 0.3 is 0 Å². The first-order valence-electron chi connectivity index (χ1n) is 5.63. The molecule has 0 heterocycles. The number of carbonyl (C=O) groups excluding carboxylic acids is 1. The Bertz CT molecular complexity index is 262. The minimum absolute atomic E-state index is 0.0825. The zero-order chi connectivity index (χ0) is 12.0. The highest BCUT2D eigenvalue weighted by molar-refractivity contribution is 5.81. The number of hydrogen-bond donors (Lipinski definition) is 4. The lowest BCUT2D eigenvalue weighted by Gasteiger charge is -2.23. The molecule has 1 aliphatic rings. The van der Waals surface area contributed by atoms with Gasteiger partial charge in [-0.2, -0.15) is 0 Å². The average molecular weight is 228 g/mol. The molecule has 0 aliphatic heterocycles.